The summed E-state index contributed by atoms with van der Waals surface area (Å²) in [7, 11) is 0. The molecule has 9 heteroatoms. The van der Waals surface area contributed by atoms with Gasteiger partial charge >= 0.3 is 0 Å². The highest BCUT2D eigenvalue weighted by Crippen LogP contribution is 2.32. The van der Waals surface area contributed by atoms with E-state index < -0.39 is 0 Å². The van der Waals surface area contributed by atoms with Gasteiger partial charge in [-0.15, -0.1) is 5.10 Å². The Morgan fingerprint density at radius 1 is 0.912 bits per heavy atom. The summed E-state index contributed by atoms with van der Waals surface area (Å²) in [6.07, 6.45) is 0. The van der Waals surface area contributed by atoms with Gasteiger partial charge in [-0.2, -0.15) is 4.68 Å². The number of hydrogen-bond donors (Lipinski definition) is 1. The van der Waals surface area contributed by atoms with Gasteiger partial charge in [0, 0.05) is 16.7 Å². The van der Waals surface area contributed by atoms with Crippen LogP contribution in [0.25, 0.3) is 5.69 Å². The zero-order chi connectivity index (χ0) is 23.8. The van der Waals surface area contributed by atoms with E-state index in [1.165, 1.54) is 11.8 Å². The molecule has 0 spiro atoms. The molecule has 0 aliphatic heterocycles. The maximum Gasteiger partial charge on any atom is 0.234 e. The van der Waals surface area contributed by atoms with Crippen molar-refractivity contribution < 1.29 is 14.4 Å². The Balaban J connectivity index is 1.35. The summed E-state index contributed by atoms with van der Waals surface area (Å²) in [4.78, 5) is 38.8. The van der Waals surface area contributed by atoms with Crippen molar-refractivity contribution in [3.8, 4) is 5.69 Å². The summed E-state index contributed by atoms with van der Waals surface area (Å²) >= 11 is 1.18. The smallest absolute Gasteiger partial charge is 0.234 e. The van der Waals surface area contributed by atoms with Crippen LogP contribution in [0.1, 0.15) is 43.0 Å². The first kappa shape index (κ1) is 21.7. The quantitative estimate of drug-likeness (QED) is 0.390. The average molecular weight is 470 g/mol. The van der Waals surface area contributed by atoms with Crippen LogP contribution in [0.5, 0.6) is 0 Å². The molecule has 34 heavy (non-hydrogen) atoms. The van der Waals surface area contributed by atoms with Crippen LogP contribution in [0.3, 0.4) is 0 Å². The van der Waals surface area contributed by atoms with Gasteiger partial charge in [-0.3, -0.25) is 14.4 Å². The van der Waals surface area contributed by atoms with Crippen LogP contribution in [-0.4, -0.2) is 43.4 Å². The minimum atomic E-state index is -0.341. The van der Waals surface area contributed by atoms with Gasteiger partial charge in [-0.1, -0.05) is 54.2 Å². The summed E-state index contributed by atoms with van der Waals surface area (Å²) in [5, 5.41) is 15.0. The maximum atomic E-state index is 13.1. The van der Waals surface area contributed by atoms with Gasteiger partial charge in [-0.05, 0) is 53.6 Å². The lowest BCUT2D eigenvalue weighted by Gasteiger charge is -2.20. The van der Waals surface area contributed by atoms with Crippen LogP contribution in [-0.2, 0) is 4.79 Å². The molecule has 3 aromatic carbocycles. The summed E-state index contributed by atoms with van der Waals surface area (Å²) in [5.41, 5.74) is 4.59. The molecule has 0 saturated carbocycles. The standard InChI is InChI=1S/C25H19N5O3S/c1-14-10-11-16(12-15(14)2)30-25(27-28-29-30)34-13-21(31)26-20-9-5-8-19-22(20)24(33)18-7-4-3-6-17(18)23(19)32/h3-12H,13H2,1-2H3,(H,26,31). The number of ketones is 2. The molecule has 1 aromatic heterocycles. The van der Waals surface area contributed by atoms with Crippen molar-refractivity contribution in [2.24, 2.45) is 0 Å². The summed E-state index contributed by atoms with van der Waals surface area (Å²) in [5.74, 6) is -0.837. The molecule has 1 aliphatic carbocycles. The van der Waals surface area contributed by atoms with Crippen LogP contribution >= 0.6 is 11.8 Å². The number of carbonyl (C=O) groups excluding carboxylic acids is 3. The van der Waals surface area contributed by atoms with Crippen molar-refractivity contribution in [1.29, 1.82) is 0 Å². The zero-order valence-electron chi connectivity index (χ0n) is 18.4. The van der Waals surface area contributed by atoms with Crippen molar-refractivity contribution >= 4 is 34.9 Å². The van der Waals surface area contributed by atoms with Gasteiger partial charge in [0.15, 0.2) is 11.6 Å². The molecule has 168 valence electrons. The Morgan fingerprint density at radius 3 is 2.41 bits per heavy atom. The number of nitrogens with one attached hydrogen (secondary N) is 1. The van der Waals surface area contributed by atoms with Crippen molar-refractivity contribution in [2.75, 3.05) is 11.1 Å². The fourth-order valence-corrected chi connectivity index (χ4v) is 4.54. The highest BCUT2D eigenvalue weighted by molar-refractivity contribution is 7.99. The molecule has 0 saturated heterocycles. The third kappa shape index (κ3) is 3.80. The van der Waals surface area contributed by atoms with E-state index in [1.807, 2.05) is 32.0 Å². The van der Waals surface area contributed by atoms with Crippen molar-refractivity contribution in [2.45, 2.75) is 19.0 Å². The average Bonchev–Trinajstić information content (AvgIpc) is 3.31. The number of fused-ring (bicyclic) bond motifs is 2. The third-order valence-corrected chi connectivity index (χ3v) is 6.65. The second-order valence-corrected chi connectivity index (χ2v) is 8.85. The van der Waals surface area contributed by atoms with E-state index in [9.17, 15) is 14.4 Å². The Kier molecular flexibility index (Phi) is 5.54. The third-order valence-electron chi connectivity index (χ3n) is 5.73. The zero-order valence-corrected chi connectivity index (χ0v) is 19.2. The molecular formula is C25H19N5O3S. The van der Waals surface area contributed by atoms with Crippen molar-refractivity contribution in [1.82, 2.24) is 20.2 Å². The molecule has 1 heterocycles. The molecule has 0 radical (unpaired) electrons. The van der Waals surface area contributed by atoms with Crippen molar-refractivity contribution in [3.05, 3.63) is 94.0 Å². The molecule has 8 nitrogen and oxygen atoms in total. The van der Waals surface area contributed by atoms with E-state index in [2.05, 4.69) is 20.8 Å². The molecule has 1 N–H and O–H groups in total. The molecule has 0 fully saturated rings. The van der Waals surface area contributed by atoms with Gasteiger partial charge in [0.1, 0.15) is 0 Å². The van der Waals surface area contributed by atoms with Crippen LogP contribution in [0.15, 0.2) is 65.8 Å². The Hall–Kier alpha value is -4.11. The molecule has 5 rings (SSSR count). The van der Waals surface area contributed by atoms with Gasteiger partial charge in [0.2, 0.25) is 11.1 Å². The number of benzene rings is 3. The normalized spacial score (nSPS) is 12.3. The second kappa shape index (κ2) is 8.68. The number of aryl methyl sites for hydroxylation is 2. The lowest BCUT2D eigenvalue weighted by molar-refractivity contribution is -0.113. The number of aromatic nitrogens is 4. The number of anilines is 1. The number of nitrogens with zero attached hydrogens (tertiary/aromatic N) is 4. The largest absolute Gasteiger partial charge is 0.325 e. The van der Waals surface area contributed by atoms with Crippen LogP contribution in [0.4, 0.5) is 5.69 Å². The lowest BCUT2D eigenvalue weighted by atomic mass is 9.83. The van der Waals surface area contributed by atoms with E-state index in [0.29, 0.717) is 22.0 Å². The van der Waals surface area contributed by atoms with E-state index in [-0.39, 0.29) is 34.4 Å². The van der Waals surface area contributed by atoms with E-state index in [4.69, 9.17) is 0 Å². The number of carbonyl (C=O) groups is 3. The van der Waals surface area contributed by atoms with Gasteiger partial charge in [-0.25, -0.2) is 0 Å². The fraction of sp³-hybridized carbons (Fsp3) is 0.120. The number of hydrogen-bond acceptors (Lipinski definition) is 7. The molecule has 0 unspecified atom stereocenters. The fourth-order valence-electron chi connectivity index (χ4n) is 3.85. The first-order chi connectivity index (χ1) is 16.4. The lowest BCUT2D eigenvalue weighted by Crippen LogP contribution is -2.24. The van der Waals surface area contributed by atoms with Crippen LogP contribution < -0.4 is 5.32 Å². The van der Waals surface area contributed by atoms with E-state index in [1.54, 1.807) is 47.1 Å². The number of amides is 1. The molecule has 1 amide bonds. The molecule has 4 aromatic rings. The van der Waals surface area contributed by atoms with Crippen LogP contribution in [0, 0.1) is 13.8 Å². The predicted molar refractivity (Wildman–Crippen MR) is 128 cm³/mol. The Bertz CT molecular complexity index is 1480. The Labute approximate surface area is 199 Å². The molecule has 0 bridgehead atoms. The van der Waals surface area contributed by atoms with E-state index in [0.717, 1.165) is 16.8 Å². The van der Waals surface area contributed by atoms with Crippen molar-refractivity contribution in [3.63, 3.8) is 0 Å². The number of rotatable bonds is 5. The van der Waals surface area contributed by atoms with E-state index >= 15 is 0 Å². The maximum absolute atomic E-state index is 13.1. The number of thioether (sulfide) groups is 1. The summed E-state index contributed by atoms with van der Waals surface area (Å²) < 4.78 is 1.58. The summed E-state index contributed by atoms with van der Waals surface area (Å²) in [6.45, 7) is 4.03. The van der Waals surface area contributed by atoms with Gasteiger partial charge in [0.25, 0.3) is 0 Å². The first-order valence-electron chi connectivity index (χ1n) is 10.5. The minimum Gasteiger partial charge on any atom is -0.325 e. The SMILES string of the molecule is Cc1ccc(-n2nnnc2SCC(=O)Nc2cccc3c2C(=O)c2ccccc2C3=O)cc1C. The number of tetrazole rings is 1. The summed E-state index contributed by atoms with van der Waals surface area (Å²) in [6, 6.07) is 17.5. The molecule has 0 atom stereocenters. The first-order valence-corrected chi connectivity index (χ1v) is 11.5. The van der Waals surface area contributed by atoms with Crippen LogP contribution in [0.2, 0.25) is 0 Å². The van der Waals surface area contributed by atoms with Gasteiger partial charge < -0.3 is 5.32 Å². The highest BCUT2D eigenvalue weighted by Gasteiger charge is 2.31. The predicted octanol–water partition coefficient (Wildman–Crippen LogP) is 3.79. The highest BCUT2D eigenvalue weighted by atomic mass is 32.2. The Morgan fingerprint density at radius 2 is 1.65 bits per heavy atom. The molecular weight excluding hydrogens is 450 g/mol. The van der Waals surface area contributed by atoms with Gasteiger partial charge in [0.05, 0.1) is 22.7 Å². The molecule has 1 aliphatic rings. The second-order valence-electron chi connectivity index (χ2n) is 7.91. The monoisotopic (exact) mass is 469 g/mol. The topological polar surface area (TPSA) is 107 Å². The minimum absolute atomic E-state index is 0.0214.